The number of rotatable bonds is 10. The quantitative estimate of drug-likeness (QED) is 0.271. The van der Waals surface area contributed by atoms with E-state index in [0.717, 1.165) is 11.1 Å². The Morgan fingerprint density at radius 3 is 1.95 bits per heavy atom. The largest absolute Gasteiger partial charge is 0.460 e. The first-order chi connectivity index (χ1) is 17.4. The van der Waals surface area contributed by atoms with E-state index in [0.29, 0.717) is 12.1 Å². The van der Waals surface area contributed by atoms with Crippen LogP contribution in [-0.2, 0) is 25.9 Å². The van der Waals surface area contributed by atoms with E-state index in [4.69, 9.17) is 4.74 Å². The molecule has 5 nitrogen and oxygen atoms in total. The maximum absolute atomic E-state index is 13.5. The van der Waals surface area contributed by atoms with Crippen molar-refractivity contribution in [1.82, 2.24) is 4.90 Å². The lowest BCUT2D eigenvalue weighted by Crippen LogP contribution is -2.35. The fraction of sp³-hybridized carbons (Fsp3) is 0.387. The summed E-state index contributed by atoms with van der Waals surface area (Å²) in [6.07, 6.45) is 0.0197. The van der Waals surface area contributed by atoms with Crippen LogP contribution in [0.4, 0.5) is 0 Å². The van der Waals surface area contributed by atoms with Gasteiger partial charge in [-0.05, 0) is 64.3 Å². The van der Waals surface area contributed by atoms with E-state index in [1.165, 1.54) is 0 Å². The maximum Gasteiger partial charge on any atom is 0.308 e. The van der Waals surface area contributed by atoms with Crippen LogP contribution < -0.4 is 0 Å². The number of ether oxygens (including phenoxy) is 1. The Bertz CT molecular complexity index is 1270. The van der Waals surface area contributed by atoms with Crippen LogP contribution in [0.2, 0.25) is 0 Å². The number of carbonyl (C=O) groups excluding carboxylic acids is 1. The van der Waals surface area contributed by atoms with Crippen molar-refractivity contribution in [2.24, 2.45) is 0 Å². The molecule has 0 aromatic heterocycles. The Hall–Kier alpha value is -2.96. The lowest BCUT2D eigenvalue weighted by Gasteiger charge is -2.38. The molecule has 0 aliphatic heterocycles. The summed E-state index contributed by atoms with van der Waals surface area (Å²) in [6.45, 7) is 11.5. The summed E-state index contributed by atoms with van der Waals surface area (Å²) in [5, 5.41) is -0.593. The SMILES string of the molecule is CC(C)S(=O)(=O)c1ccccc1[C@@H](CC(=O)OC(C)(C)C)N(Cc1ccccc1)[C@H](C)c1ccccc1. The summed E-state index contributed by atoms with van der Waals surface area (Å²) < 4.78 is 32.6. The van der Waals surface area contributed by atoms with Crippen LogP contribution in [0.3, 0.4) is 0 Å². The van der Waals surface area contributed by atoms with Gasteiger partial charge in [-0.25, -0.2) is 8.42 Å². The van der Waals surface area contributed by atoms with Crippen molar-refractivity contribution in [3.8, 4) is 0 Å². The number of sulfone groups is 1. The molecule has 0 saturated heterocycles. The Morgan fingerprint density at radius 2 is 1.38 bits per heavy atom. The van der Waals surface area contributed by atoms with Crippen LogP contribution in [-0.4, -0.2) is 30.1 Å². The zero-order chi connectivity index (χ0) is 27.2. The molecule has 0 heterocycles. The number of hydrogen-bond donors (Lipinski definition) is 0. The first-order valence-corrected chi connectivity index (χ1v) is 14.3. The zero-order valence-electron chi connectivity index (χ0n) is 22.7. The van der Waals surface area contributed by atoms with Crippen molar-refractivity contribution in [2.75, 3.05) is 0 Å². The first kappa shape index (κ1) is 28.6. The van der Waals surface area contributed by atoms with Gasteiger partial charge in [0, 0.05) is 18.6 Å². The molecule has 0 bridgehead atoms. The first-order valence-electron chi connectivity index (χ1n) is 12.8. The summed E-state index contributed by atoms with van der Waals surface area (Å²) in [5.41, 5.74) is 2.11. The Morgan fingerprint density at radius 1 is 0.838 bits per heavy atom. The molecule has 3 rings (SSSR count). The molecular weight excluding hydrogens is 482 g/mol. The van der Waals surface area contributed by atoms with Gasteiger partial charge in [0.1, 0.15) is 5.60 Å². The van der Waals surface area contributed by atoms with Gasteiger partial charge < -0.3 is 4.74 Å². The predicted octanol–water partition coefficient (Wildman–Crippen LogP) is 6.91. The Kier molecular flexibility index (Phi) is 9.32. The van der Waals surface area contributed by atoms with Crippen molar-refractivity contribution in [1.29, 1.82) is 0 Å². The van der Waals surface area contributed by atoms with E-state index < -0.39 is 26.7 Å². The molecule has 0 radical (unpaired) electrons. The molecule has 0 saturated carbocycles. The third-order valence-electron chi connectivity index (χ3n) is 6.37. The summed E-state index contributed by atoms with van der Waals surface area (Å²) in [4.78, 5) is 15.7. The monoisotopic (exact) mass is 521 g/mol. The van der Waals surface area contributed by atoms with E-state index in [1.54, 1.807) is 26.0 Å². The second-order valence-corrected chi connectivity index (χ2v) is 13.2. The highest BCUT2D eigenvalue weighted by atomic mass is 32.2. The van der Waals surface area contributed by atoms with Crippen LogP contribution in [0.25, 0.3) is 0 Å². The highest BCUT2D eigenvalue weighted by Gasteiger charge is 2.34. The van der Waals surface area contributed by atoms with Crippen molar-refractivity contribution < 1.29 is 17.9 Å². The molecule has 2 atom stereocenters. The fourth-order valence-corrected chi connectivity index (χ4v) is 5.76. The topological polar surface area (TPSA) is 63.7 Å². The van der Waals surface area contributed by atoms with E-state index in [-0.39, 0.29) is 23.3 Å². The molecule has 3 aromatic carbocycles. The van der Waals surface area contributed by atoms with Crippen molar-refractivity contribution in [3.63, 3.8) is 0 Å². The van der Waals surface area contributed by atoms with Gasteiger partial charge in [-0.15, -0.1) is 0 Å². The van der Waals surface area contributed by atoms with Crippen molar-refractivity contribution in [2.45, 2.75) is 82.3 Å². The Labute approximate surface area is 222 Å². The average molecular weight is 522 g/mol. The highest BCUT2D eigenvalue weighted by Crippen LogP contribution is 2.38. The molecule has 0 fully saturated rings. The summed E-state index contributed by atoms with van der Waals surface area (Å²) >= 11 is 0. The zero-order valence-corrected chi connectivity index (χ0v) is 23.5. The maximum atomic E-state index is 13.5. The van der Waals surface area contributed by atoms with Gasteiger partial charge >= 0.3 is 5.97 Å². The van der Waals surface area contributed by atoms with Crippen LogP contribution in [0.1, 0.15) is 76.7 Å². The molecule has 6 heteroatoms. The van der Waals surface area contributed by atoms with E-state index in [1.807, 2.05) is 81.4 Å². The molecular formula is C31H39NO4S. The lowest BCUT2D eigenvalue weighted by molar-refractivity contribution is -0.156. The van der Waals surface area contributed by atoms with Gasteiger partial charge in [0.05, 0.1) is 16.6 Å². The minimum Gasteiger partial charge on any atom is -0.460 e. The van der Waals surface area contributed by atoms with Gasteiger partial charge in [0.2, 0.25) is 0 Å². The third kappa shape index (κ3) is 7.53. The molecule has 0 spiro atoms. The van der Waals surface area contributed by atoms with Crippen molar-refractivity contribution in [3.05, 3.63) is 102 Å². The van der Waals surface area contributed by atoms with Crippen molar-refractivity contribution >= 4 is 15.8 Å². The van der Waals surface area contributed by atoms with Crippen LogP contribution >= 0.6 is 0 Å². The van der Waals surface area contributed by atoms with Gasteiger partial charge in [-0.1, -0.05) is 78.9 Å². The average Bonchev–Trinajstić information content (AvgIpc) is 2.85. The molecule has 0 N–H and O–H groups in total. The normalized spacial score (nSPS) is 13.9. The van der Waals surface area contributed by atoms with E-state index in [9.17, 15) is 13.2 Å². The molecule has 0 amide bonds. The van der Waals surface area contributed by atoms with E-state index in [2.05, 4.69) is 24.0 Å². The second-order valence-electron chi connectivity index (χ2n) is 10.7. The van der Waals surface area contributed by atoms with Gasteiger partial charge in [0.25, 0.3) is 0 Å². The molecule has 37 heavy (non-hydrogen) atoms. The molecule has 0 aliphatic rings. The standard InChI is InChI=1S/C31H39NO4S/c1-23(2)37(34,35)29-20-14-13-19-27(29)28(21-30(33)36-31(4,5)6)32(22-25-15-9-7-10-16-25)24(3)26-17-11-8-12-18-26/h7-20,23-24,28H,21-22H2,1-6H3/t24-,28-/m1/s1. The van der Waals surface area contributed by atoms with Crippen LogP contribution in [0.15, 0.2) is 89.8 Å². The predicted molar refractivity (Wildman–Crippen MR) is 149 cm³/mol. The van der Waals surface area contributed by atoms with Gasteiger partial charge in [-0.3, -0.25) is 9.69 Å². The number of benzene rings is 3. The third-order valence-corrected chi connectivity index (χ3v) is 8.60. The number of hydrogen-bond acceptors (Lipinski definition) is 5. The second kappa shape index (κ2) is 12.1. The number of esters is 1. The molecule has 3 aromatic rings. The van der Waals surface area contributed by atoms with Gasteiger partial charge in [0.15, 0.2) is 9.84 Å². The minimum absolute atomic E-state index is 0.0197. The highest BCUT2D eigenvalue weighted by molar-refractivity contribution is 7.92. The summed E-state index contributed by atoms with van der Waals surface area (Å²) in [5.74, 6) is -0.368. The summed E-state index contributed by atoms with van der Waals surface area (Å²) in [6, 6.07) is 26.5. The number of carbonyl (C=O) groups is 1. The van der Waals surface area contributed by atoms with E-state index >= 15 is 0 Å². The summed E-state index contributed by atoms with van der Waals surface area (Å²) in [7, 11) is -3.60. The molecule has 0 unspecified atom stereocenters. The van der Waals surface area contributed by atoms with Crippen LogP contribution in [0.5, 0.6) is 0 Å². The van der Waals surface area contributed by atoms with Crippen LogP contribution in [0, 0.1) is 0 Å². The molecule has 198 valence electrons. The fourth-order valence-electron chi connectivity index (χ4n) is 4.45. The number of nitrogens with zero attached hydrogens (tertiary/aromatic N) is 1. The van der Waals surface area contributed by atoms with Gasteiger partial charge in [-0.2, -0.15) is 0 Å². The smallest absolute Gasteiger partial charge is 0.308 e. The Balaban J connectivity index is 2.20. The molecule has 0 aliphatic carbocycles. The lowest BCUT2D eigenvalue weighted by atomic mass is 9.96. The minimum atomic E-state index is -3.60.